The van der Waals surface area contributed by atoms with E-state index in [1.807, 2.05) is 42.7 Å². The molecule has 3 aromatic rings. The molecule has 1 N–H and O–H groups in total. The molecule has 0 atom stereocenters. The first-order valence-electron chi connectivity index (χ1n) is 10.0. The zero-order chi connectivity index (χ0) is 24.0. The summed E-state index contributed by atoms with van der Waals surface area (Å²) in [5.74, 6) is 2.43. The smallest absolute Gasteiger partial charge is 0.234 e. The van der Waals surface area contributed by atoms with Crippen LogP contribution < -0.4 is 5.32 Å². The maximum atomic E-state index is 12.5. The number of carbonyl (C=O) groups is 1. The number of halogens is 3. The summed E-state index contributed by atoms with van der Waals surface area (Å²) in [7, 11) is 0. The number of hydrogen-bond donors (Lipinski definition) is 1. The summed E-state index contributed by atoms with van der Waals surface area (Å²) in [4.78, 5) is 12.5. The third-order valence-electron chi connectivity index (χ3n) is 4.92. The number of hydrogen-bond acceptors (Lipinski definition) is 5. The summed E-state index contributed by atoms with van der Waals surface area (Å²) in [6.45, 7) is 8.42. The van der Waals surface area contributed by atoms with Crippen LogP contribution in [0.4, 0.5) is 5.69 Å². The van der Waals surface area contributed by atoms with Gasteiger partial charge in [-0.2, -0.15) is 0 Å². The van der Waals surface area contributed by atoms with Gasteiger partial charge in [0.05, 0.1) is 21.6 Å². The molecule has 5 nitrogen and oxygen atoms in total. The highest BCUT2D eigenvalue weighted by Crippen LogP contribution is 2.28. The van der Waals surface area contributed by atoms with Crippen LogP contribution in [0.25, 0.3) is 0 Å². The molecule has 3 rings (SSSR count). The Hall–Kier alpha value is -1.45. The van der Waals surface area contributed by atoms with Crippen LogP contribution in [0.1, 0.15) is 22.5 Å². The molecule has 1 amide bonds. The zero-order valence-electron chi connectivity index (χ0n) is 18.2. The average Bonchev–Trinajstić information content (AvgIpc) is 3.17. The number of anilines is 1. The van der Waals surface area contributed by atoms with Crippen molar-refractivity contribution in [1.82, 2.24) is 14.8 Å². The number of carbonyl (C=O) groups excluding carboxylic acids is 1. The molecule has 174 valence electrons. The van der Waals surface area contributed by atoms with E-state index in [0.29, 0.717) is 27.5 Å². The number of allylic oxidation sites excluding steroid dienone is 1. The molecule has 0 aliphatic rings. The van der Waals surface area contributed by atoms with Gasteiger partial charge in [0.15, 0.2) is 5.16 Å². The maximum Gasteiger partial charge on any atom is 0.234 e. The second-order valence-electron chi connectivity index (χ2n) is 7.22. The molecule has 1 heterocycles. The first-order chi connectivity index (χ1) is 15.8. The molecule has 1 aromatic heterocycles. The molecule has 0 unspecified atom stereocenters. The van der Waals surface area contributed by atoms with E-state index in [4.69, 9.17) is 23.2 Å². The number of amides is 1. The second kappa shape index (κ2) is 12.3. The molecular formula is C23H23BrCl2N4OS2. The number of nitrogens with zero attached hydrogens (tertiary/aromatic N) is 3. The Bertz CT molecular complexity index is 1170. The minimum atomic E-state index is -0.0893. The van der Waals surface area contributed by atoms with Crippen molar-refractivity contribution >= 4 is 74.3 Å². The number of rotatable bonds is 10. The van der Waals surface area contributed by atoms with Gasteiger partial charge < -0.3 is 9.88 Å². The first kappa shape index (κ1) is 26.2. The topological polar surface area (TPSA) is 59.8 Å². The maximum absolute atomic E-state index is 12.5. The molecule has 2 aromatic carbocycles. The summed E-state index contributed by atoms with van der Waals surface area (Å²) in [5.41, 5.74) is 4.05. The third kappa shape index (κ3) is 7.02. The van der Waals surface area contributed by atoms with Crippen molar-refractivity contribution in [2.75, 3.05) is 11.1 Å². The van der Waals surface area contributed by atoms with Gasteiger partial charge in [0, 0.05) is 22.5 Å². The van der Waals surface area contributed by atoms with Crippen LogP contribution in [0, 0.1) is 13.8 Å². The average molecular weight is 586 g/mol. The summed E-state index contributed by atoms with van der Waals surface area (Å²) >= 11 is 18.7. The highest BCUT2D eigenvalue weighted by atomic mass is 79.9. The fourth-order valence-electron chi connectivity index (χ4n) is 2.97. The predicted molar refractivity (Wildman–Crippen MR) is 145 cm³/mol. The lowest BCUT2D eigenvalue weighted by molar-refractivity contribution is -0.113. The van der Waals surface area contributed by atoms with E-state index >= 15 is 0 Å². The summed E-state index contributed by atoms with van der Waals surface area (Å²) in [6.07, 6.45) is 1.80. The Morgan fingerprint density at radius 2 is 1.94 bits per heavy atom. The molecule has 0 spiro atoms. The van der Waals surface area contributed by atoms with Crippen LogP contribution in [0.15, 0.2) is 52.6 Å². The quantitative estimate of drug-likeness (QED) is 0.199. The van der Waals surface area contributed by atoms with Crippen molar-refractivity contribution in [1.29, 1.82) is 0 Å². The fraction of sp³-hybridized carbons (Fsp3) is 0.261. The van der Waals surface area contributed by atoms with Crippen LogP contribution in [0.3, 0.4) is 0 Å². The van der Waals surface area contributed by atoms with Crippen molar-refractivity contribution < 1.29 is 4.79 Å². The van der Waals surface area contributed by atoms with Crippen LogP contribution in [-0.2, 0) is 22.8 Å². The van der Waals surface area contributed by atoms with E-state index in [0.717, 1.165) is 38.4 Å². The summed E-state index contributed by atoms with van der Waals surface area (Å²) in [6, 6.07) is 9.48. The lowest BCUT2D eigenvalue weighted by Crippen LogP contribution is -2.16. The number of aromatic nitrogens is 3. The SMILES string of the molecule is C=CCn1c(CSCc2ccc(Cl)c(Cl)c2)nnc1SCC(=O)Nc1ccc(Br)c(C)c1C. The van der Waals surface area contributed by atoms with Gasteiger partial charge in [-0.15, -0.1) is 28.5 Å². The van der Waals surface area contributed by atoms with Gasteiger partial charge in [-0.1, -0.05) is 63.0 Å². The van der Waals surface area contributed by atoms with Gasteiger partial charge in [0.2, 0.25) is 5.91 Å². The minimum Gasteiger partial charge on any atom is -0.325 e. The molecule has 0 fully saturated rings. The molecule has 0 radical (unpaired) electrons. The molecule has 0 saturated heterocycles. The Balaban J connectivity index is 1.59. The Morgan fingerprint density at radius 3 is 2.67 bits per heavy atom. The monoisotopic (exact) mass is 584 g/mol. The summed E-state index contributed by atoms with van der Waals surface area (Å²) in [5, 5.41) is 13.4. The van der Waals surface area contributed by atoms with E-state index in [2.05, 4.69) is 38.0 Å². The lowest BCUT2D eigenvalue weighted by atomic mass is 10.1. The van der Waals surface area contributed by atoms with E-state index < -0.39 is 0 Å². The molecule has 33 heavy (non-hydrogen) atoms. The number of thioether (sulfide) groups is 2. The highest BCUT2D eigenvalue weighted by molar-refractivity contribution is 9.10. The van der Waals surface area contributed by atoms with Crippen LogP contribution >= 0.6 is 62.7 Å². The largest absolute Gasteiger partial charge is 0.325 e. The van der Waals surface area contributed by atoms with Crippen LogP contribution in [0.5, 0.6) is 0 Å². The van der Waals surface area contributed by atoms with Crippen molar-refractivity contribution in [3.8, 4) is 0 Å². The van der Waals surface area contributed by atoms with Crippen molar-refractivity contribution in [2.24, 2.45) is 0 Å². The van der Waals surface area contributed by atoms with Crippen LogP contribution in [-0.4, -0.2) is 26.4 Å². The van der Waals surface area contributed by atoms with Crippen LogP contribution in [0.2, 0.25) is 10.0 Å². The molecule has 0 aliphatic heterocycles. The predicted octanol–water partition coefficient (Wildman–Crippen LogP) is 7.31. The normalized spacial score (nSPS) is 10.9. The van der Waals surface area contributed by atoms with E-state index in [-0.39, 0.29) is 11.7 Å². The summed E-state index contributed by atoms with van der Waals surface area (Å²) < 4.78 is 3.01. The Labute approximate surface area is 220 Å². The molecule has 0 bridgehead atoms. The van der Waals surface area contributed by atoms with Crippen molar-refractivity contribution in [3.05, 3.63) is 80.0 Å². The van der Waals surface area contributed by atoms with Gasteiger partial charge in [0.25, 0.3) is 0 Å². The molecule has 0 aliphatic carbocycles. The van der Waals surface area contributed by atoms with Gasteiger partial charge in [-0.05, 0) is 54.8 Å². The fourth-order valence-corrected chi connectivity index (χ4v) is 5.40. The Kier molecular flexibility index (Phi) is 9.76. The van der Waals surface area contributed by atoms with Gasteiger partial charge in [-0.25, -0.2) is 0 Å². The highest BCUT2D eigenvalue weighted by Gasteiger charge is 2.15. The lowest BCUT2D eigenvalue weighted by Gasteiger charge is -2.12. The van der Waals surface area contributed by atoms with Crippen molar-refractivity contribution in [3.63, 3.8) is 0 Å². The third-order valence-corrected chi connectivity index (χ3v) is 8.48. The Morgan fingerprint density at radius 1 is 1.15 bits per heavy atom. The minimum absolute atomic E-state index is 0.0893. The molecular weight excluding hydrogens is 563 g/mol. The molecule has 10 heteroatoms. The second-order valence-corrected chi connectivity index (χ2v) is 10.8. The van der Waals surface area contributed by atoms with E-state index in [1.54, 1.807) is 23.9 Å². The van der Waals surface area contributed by atoms with Gasteiger partial charge >= 0.3 is 0 Å². The molecule has 0 saturated carbocycles. The van der Waals surface area contributed by atoms with Gasteiger partial charge in [0.1, 0.15) is 5.82 Å². The zero-order valence-corrected chi connectivity index (χ0v) is 22.9. The van der Waals surface area contributed by atoms with Gasteiger partial charge in [-0.3, -0.25) is 4.79 Å². The van der Waals surface area contributed by atoms with E-state index in [9.17, 15) is 4.79 Å². The first-order valence-corrected chi connectivity index (χ1v) is 13.7. The number of nitrogens with one attached hydrogen (secondary N) is 1. The van der Waals surface area contributed by atoms with Crippen molar-refractivity contribution in [2.45, 2.75) is 37.1 Å². The number of benzene rings is 2. The standard InChI is InChI=1S/C23H23BrCl2N4OS2/c1-4-9-30-21(12-32-11-16-5-7-18(25)19(26)10-16)28-29-23(30)33-13-22(31)27-20-8-6-17(24)14(2)15(20)3/h4-8,10H,1,9,11-13H2,2-3H3,(H,27,31). The van der Waals surface area contributed by atoms with E-state index in [1.165, 1.54) is 11.8 Å².